The molecular weight excluding hydrogens is 168 g/mol. The van der Waals surface area contributed by atoms with E-state index in [-0.39, 0.29) is 37.7 Å². The fourth-order valence-electron chi connectivity index (χ4n) is 0.778. The molecule has 0 heterocycles. The molecule has 0 aliphatic heterocycles. The Morgan fingerprint density at radius 3 is 2.45 bits per heavy atom. The van der Waals surface area contributed by atoms with Gasteiger partial charge < -0.3 is 5.11 Å². The molecule has 1 rings (SSSR count). The first-order valence-corrected chi connectivity index (χ1v) is 3.00. The molecule has 0 amide bonds. The Morgan fingerprint density at radius 1 is 1.45 bits per heavy atom. The van der Waals surface area contributed by atoms with E-state index in [1.807, 2.05) is 13.0 Å². The van der Waals surface area contributed by atoms with E-state index >= 15 is 0 Å². The van der Waals surface area contributed by atoms with Crippen molar-refractivity contribution in [2.75, 3.05) is 0 Å². The van der Waals surface area contributed by atoms with Crippen LogP contribution >= 0.6 is 0 Å². The molecule has 54 valence electrons. The summed E-state index contributed by atoms with van der Waals surface area (Å²) in [7, 11) is 0. The van der Waals surface area contributed by atoms with Crippen molar-refractivity contribution in [2.45, 2.75) is 6.92 Å². The molecule has 1 aromatic rings. The van der Waals surface area contributed by atoms with Gasteiger partial charge in [0.15, 0.2) is 0 Å². The van der Waals surface area contributed by atoms with Gasteiger partial charge in [-0.25, -0.2) is 4.79 Å². The van der Waals surface area contributed by atoms with Gasteiger partial charge in [0.05, 0.1) is 5.56 Å². The fraction of sp³-hybridized carbons (Fsp3) is 0.125. The number of carboxylic acids is 1. The molecule has 0 fully saturated rings. The molecule has 1 aromatic carbocycles. The van der Waals surface area contributed by atoms with Crippen molar-refractivity contribution in [3.05, 3.63) is 35.4 Å². The summed E-state index contributed by atoms with van der Waals surface area (Å²) in [6, 6.07) is 6.82. The first-order chi connectivity index (χ1) is 4.70. The first-order valence-electron chi connectivity index (χ1n) is 3.00. The maximum Gasteiger partial charge on any atom is 0.335 e. The average Bonchev–Trinajstić information content (AvgIpc) is 1.88. The zero-order valence-corrected chi connectivity index (χ0v) is 8.58. The van der Waals surface area contributed by atoms with Crippen LogP contribution in [0.1, 0.15) is 15.9 Å². The Bertz CT molecular complexity index is 258. The van der Waals surface area contributed by atoms with E-state index < -0.39 is 5.97 Å². The standard InChI is InChI=1S/C8H8O2.Ca/c1-6-3-2-4-7(5-6)8(9)10;/h2-5H,1H3,(H,9,10);. The first kappa shape index (κ1) is 10.9. The van der Waals surface area contributed by atoms with Crippen molar-refractivity contribution >= 4 is 43.7 Å². The second-order valence-electron chi connectivity index (χ2n) is 2.17. The molecule has 0 saturated heterocycles. The topological polar surface area (TPSA) is 37.3 Å². The van der Waals surface area contributed by atoms with Gasteiger partial charge in [-0.05, 0) is 19.1 Å². The number of benzene rings is 1. The Hall–Kier alpha value is -0.0503. The zero-order chi connectivity index (χ0) is 7.56. The van der Waals surface area contributed by atoms with E-state index in [2.05, 4.69) is 0 Å². The number of rotatable bonds is 1. The van der Waals surface area contributed by atoms with E-state index in [1.54, 1.807) is 18.2 Å². The smallest absolute Gasteiger partial charge is 0.335 e. The van der Waals surface area contributed by atoms with Crippen molar-refractivity contribution in [1.29, 1.82) is 0 Å². The molecule has 0 spiro atoms. The van der Waals surface area contributed by atoms with Crippen molar-refractivity contribution in [3.63, 3.8) is 0 Å². The molecular formula is C8H8CaO2. The van der Waals surface area contributed by atoms with E-state index in [0.717, 1.165) is 5.56 Å². The monoisotopic (exact) mass is 176 g/mol. The molecule has 0 saturated carbocycles. The Morgan fingerprint density at radius 2 is 2.09 bits per heavy atom. The largest absolute Gasteiger partial charge is 0.478 e. The minimum absolute atomic E-state index is 0. The van der Waals surface area contributed by atoms with Gasteiger partial charge in [-0.2, -0.15) is 0 Å². The normalized spacial score (nSPS) is 8.45. The molecule has 2 radical (unpaired) electrons. The van der Waals surface area contributed by atoms with E-state index in [0.29, 0.717) is 5.56 Å². The second-order valence-corrected chi connectivity index (χ2v) is 2.17. The van der Waals surface area contributed by atoms with Crippen LogP contribution in [0.4, 0.5) is 0 Å². The van der Waals surface area contributed by atoms with Crippen LogP contribution in [0.2, 0.25) is 0 Å². The van der Waals surface area contributed by atoms with Crippen LogP contribution in [0.25, 0.3) is 0 Å². The predicted molar refractivity (Wildman–Crippen MR) is 43.9 cm³/mol. The SMILES string of the molecule is Cc1cccc(C(=O)O)c1.[Ca]. The fourth-order valence-corrected chi connectivity index (χ4v) is 0.778. The number of hydrogen-bond acceptors (Lipinski definition) is 1. The van der Waals surface area contributed by atoms with Crippen molar-refractivity contribution in [1.82, 2.24) is 0 Å². The third kappa shape index (κ3) is 3.23. The molecule has 0 unspecified atom stereocenters. The van der Waals surface area contributed by atoms with Crippen LogP contribution in [-0.2, 0) is 0 Å². The summed E-state index contributed by atoms with van der Waals surface area (Å²) < 4.78 is 0. The maximum atomic E-state index is 10.4. The minimum atomic E-state index is -0.872. The van der Waals surface area contributed by atoms with Crippen molar-refractivity contribution in [3.8, 4) is 0 Å². The van der Waals surface area contributed by atoms with E-state index in [1.165, 1.54) is 0 Å². The predicted octanol–water partition coefficient (Wildman–Crippen LogP) is 1.31. The number of hydrogen-bond donors (Lipinski definition) is 1. The van der Waals surface area contributed by atoms with Gasteiger partial charge in [0.1, 0.15) is 0 Å². The van der Waals surface area contributed by atoms with E-state index in [9.17, 15) is 4.79 Å². The maximum absolute atomic E-state index is 10.4. The third-order valence-corrected chi connectivity index (χ3v) is 1.27. The quantitative estimate of drug-likeness (QED) is 0.655. The molecule has 11 heavy (non-hydrogen) atoms. The zero-order valence-electron chi connectivity index (χ0n) is 6.37. The van der Waals surface area contributed by atoms with Crippen LogP contribution in [0.15, 0.2) is 24.3 Å². The number of carbonyl (C=O) groups is 1. The van der Waals surface area contributed by atoms with Gasteiger partial charge >= 0.3 is 5.97 Å². The van der Waals surface area contributed by atoms with Crippen molar-refractivity contribution in [2.24, 2.45) is 0 Å². The van der Waals surface area contributed by atoms with Crippen LogP contribution in [0.5, 0.6) is 0 Å². The number of aromatic carboxylic acids is 1. The number of carboxylic acid groups (broad SMARTS) is 1. The third-order valence-electron chi connectivity index (χ3n) is 1.27. The Labute approximate surface area is 95.2 Å². The van der Waals surface area contributed by atoms with E-state index in [4.69, 9.17) is 5.11 Å². The molecule has 1 N–H and O–H groups in total. The van der Waals surface area contributed by atoms with Crippen LogP contribution in [0.3, 0.4) is 0 Å². The van der Waals surface area contributed by atoms with Gasteiger partial charge in [0.2, 0.25) is 0 Å². The molecule has 0 aromatic heterocycles. The summed E-state index contributed by atoms with van der Waals surface area (Å²) in [5.74, 6) is -0.872. The van der Waals surface area contributed by atoms with Gasteiger partial charge in [-0.15, -0.1) is 0 Å². The van der Waals surface area contributed by atoms with Gasteiger partial charge in [0.25, 0.3) is 0 Å². The summed E-state index contributed by atoms with van der Waals surface area (Å²) in [6.45, 7) is 1.87. The Kier molecular flexibility index (Phi) is 4.73. The molecule has 0 aliphatic carbocycles. The molecule has 0 aliphatic rings. The summed E-state index contributed by atoms with van der Waals surface area (Å²) in [4.78, 5) is 10.4. The van der Waals surface area contributed by atoms with Crippen LogP contribution in [0, 0.1) is 6.92 Å². The summed E-state index contributed by atoms with van der Waals surface area (Å²) in [5.41, 5.74) is 1.32. The molecule has 3 heteroatoms. The molecule has 0 atom stereocenters. The van der Waals surface area contributed by atoms with Crippen LogP contribution < -0.4 is 0 Å². The van der Waals surface area contributed by atoms with Crippen molar-refractivity contribution < 1.29 is 9.90 Å². The average molecular weight is 176 g/mol. The summed E-state index contributed by atoms with van der Waals surface area (Å²) in [6.07, 6.45) is 0. The van der Waals surface area contributed by atoms with Crippen LogP contribution in [-0.4, -0.2) is 48.8 Å². The molecule has 2 nitrogen and oxygen atoms in total. The van der Waals surface area contributed by atoms with Gasteiger partial charge in [0, 0.05) is 37.7 Å². The Balaban J connectivity index is 0.000001000. The van der Waals surface area contributed by atoms with Gasteiger partial charge in [-0.3, -0.25) is 0 Å². The molecule has 0 bridgehead atoms. The summed E-state index contributed by atoms with van der Waals surface area (Å²) >= 11 is 0. The number of aryl methyl sites for hydroxylation is 1. The summed E-state index contributed by atoms with van der Waals surface area (Å²) in [5, 5.41) is 8.51. The minimum Gasteiger partial charge on any atom is -0.478 e. The second kappa shape index (κ2) is 4.75. The van der Waals surface area contributed by atoms with Gasteiger partial charge in [-0.1, -0.05) is 17.7 Å².